The second kappa shape index (κ2) is 7.63. The lowest BCUT2D eigenvalue weighted by atomic mass is 10.3. The molecule has 0 spiro atoms. The van der Waals surface area contributed by atoms with Gasteiger partial charge < -0.3 is 20.1 Å². The SMILES string of the molecule is Cc1nnc(Nc2cnc(C#N)cn2)cc1OCC1CNCCO1. The summed E-state index contributed by atoms with van der Waals surface area (Å²) in [5.41, 5.74) is 0.941. The maximum Gasteiger partial charge on any atom is 0.158 e. The topological polar surface area (TPSA) is 118 Å². The molecule has 2 N–H and O–H groups in total. The summed E-state index contributed by atoms with van der Waals surface area (Å²) >= 11 is 0. The predicted molar refractivity (Wildman–Crippen MR) is 84.9 cm³/mol. The standard InChI is InChI=1S/C15H17N7O2/c1-10-13(24-9-12-7-17-2-3-23-12)4-14(22-21-10)20-15-8-18-11(5-16)6-19-15/h4,6,8,12,17H,2-3,7,9H2,1H3,(H,19,20,22). The molecule has 9 heteroatoms. The molecule has 3 heterocycles. The summed E-state index contributed by atoms with van der Waals surface area (Å²) in [5.74, 6) is 1.58. The third-order valence-corrected chi connectivity index (χ3v) is 3.38. The highest BCUT2D eigenvalue weighted by atomic mass is 16.5. The largest absolute Gasteiger partial charge is 0.489 e. The maximum atomic E-state index is 8.73. The average molecular weight is 327 g/mol. The van der Waals surface area contributed by atoms with Crippen molar-refractivity contribution in [1.82, 2.24) is 25.5 Å². The van der Waals surface area contributed by atoms with E-state index in [1.165, 1.54) is 12.4 Å². The molecule has 1 aliphatic rings. The van der Waals surface area contributed by atoms with E-state index < -0.39 is 0 Å². The Morgan fingerprint density at radius 2 is 2.29 bits per heavy atom. The van der Waals surface area contributed by atoms with Crippen LogP contribution in [0.4, 0.5) is 11.6 Å². The van der Waals surface area contributed by atoms with Crippen molar-refractivity contribution in [2.45, 2.75) is 13.0 Å². The van der Waals surface area contributed by atoms with Crippen molar-refractivity contribution >= 4 is 11.6 Å². The number of hydrogen-bond donors (Lipinski definition) is 2. The van der Waals surface area contributed by atoms with Crippen LogP contribution in [0.3, 0.4) is 0 Å². The molecule has 0 aromatic carbocycles. The zero-order valence-corrected chi connectivity index (χ0v) is 13.2. The molecule has 1 atom stereocenters. The summed E-state index contributed by atoms with van der Waals surface area (Å²) in [6.07, 6.45) is 2.86. The Morgan fingerprint density at radius 1 is 1.38 bits per heavy atom. The van der Waals surface area contributed by atoms with Gasteiger partial charge in [-0.05, 0) is 6.92 Å². The van der Waals surface area contributed by atoms with E-state index in [4.69, 9.17) is 14.7 Å². The van der Waals surface area contributed by atoms with Gasteiger partial charge in [0.15, 0.2) is 11.5 Å². The number of aromatic nitrogens is 4. The smallest absolute Gasteiger partial charge is 0.158 e. The summed E-state index contributed by atoms with van der Waals surface area (Å²) < 4.78 is 11.4. The normalized spacial score (nSPS) is 17.1. The van der Waals surface area contributed by atoms with Gasteiger partial charge >= 0.3 is 0 Å². The number of nitrogens with one attached hydrogen (secondary N) is 2. The first-order chi connectivity index (χ1) is 11.7. The quantitative estimate of drug-likeness (QED) is 0.811. The first-order valence-electron chi connectivity index (χ1n) is 7.53. The molecule has 24 heavy (non-hydrogen) atoms. The molecule has 1 fully saturated rings. The van der Waals surface area contributed by atoms with Gasteiger partial charge in [-0.3, -0.25) is 0 Å². The third-order valence-electron chi connectivity index (χ3n) is 3.38. The van der Waals surface area contributed by atoms with Gasteiger partial charge in [0.25, 0.3) is 0 Å². The Kier molecular flexibility index (Phi) is 5.10. The molecule has 0 aliphatic carbocycles. The highest BCUT2D eigenvalue weighted by molar-refractivity contribution is 5.52. The molecule has 2 aromatic heterocycles. The lowest BCUT2D eigenvalue weighted by Gasteiger charge is -2.23. The van der Waals surface area contributed by atoms with Crippen LogP contribution in [0, 0.1) is 18.3 Å². The van der Waals surface area contributed by atoms with Crippen LogP contribution in [0.25, 0.3) is 0 Å². The summed E-state index contributed by atoms with van der Waals surface area (Å²) in [7, 11) is 0. The van der Waals surface area contributed by atoms with Crippen LogP contribution in [-0.4, -0.2) is 52.6 Å². The van der Waals surface area contributed by atoms with E-state index >= 15 is 0 Å². The molecule has 0 radical (unpaired) electrons. The number of morpholine rings is 1. The van der Waals surface area contributed by atoms with Gasteiger partial charge in [0, 0.05) is 19.2 Å². The molecule has 3 rings (SSSR count). The number of aryl methyl sites for hydroxylation is 1. The Bertz CT molecular complexity index is 724. The molecule has 1 unspecified atom stereocenters. The van der Waals surface area contributed by atoms with Crippen LogP contribution in [-0.2, 0) is 4.74 Å². The Labute approximate surface area is 139 Å². The maximum absolute atomic E-state index is 8.73. The Hall–Kier alpha value is -2.83. The summed E-state index contributed by atoms with van der Waals surface area (Å²) in [6.45, 7) is 4.59. The van der Waals surface area contributed by atoms with Crippen LogP contribution in [0.1, 0.15) is 11.4 Å². The first-order valence-corrected chi connectivity index (χ1v) is 7.53. The van der Waals surface area contributed by atoms with Crippen molar-refractivity contribution in [2.75, 3.05) is 31.6 Å². The highest BCUT2D eigenvalue weighted by Gasteiger charge is 2.15. The first kappa shape index (κ1) is 16.0. The minimum atomic E-state index is 0.0205. The summed E-state index contributed by atoms with van der Waals surface area (Å²) in [5, 5.41) is 23.1. The van der Waals surface area contributed by atoms with Crippen molar-refractivity contribution < 1.29 is 9.47 Å². The van der Waals surface area contributed by atoms with Crippen molar-refractivity contribution in [2.24, 2.45) is 0 Å². The van der Waals surface area contributed by atoms with Gasteiger partial charge in [-0.1, -0.05) is 0 Å². The van der Waals surface area contributed by atoms with Crippen LogP contribution in [0.5, 0.6) is 5.75 Å². The van der Waals surface area contributed by atoms with Crippen molar-refractivity contribution in [3.05, 3.63) is 29.8 Å². The van der Waals surface area contributed by atoms with E-state index in [9.17, 15) is 0 Å². The van der Waals surface area contributed by atoms with Crippen LogP contribution < -0.4 is 15.4 Å². The van der Waals surface area contributed by atoms with E-state index in [2.05, 4.69) is 30.8 Å². The van der Waals surface area contributed by atoms with Crippen molar-refractivity contribution in [3.8, 4) is 11.8 Å². The van der Waals surface area contributed by atoms with Gasteiger partial charge in [-0.15, -0.1) is 10.2 Å². The fourth-order valence-corrected chi connectivity index (χ4v) is 2.13. The summed E-state index contributed by atoms with van der Waals surface area (Å²) in [6, 6.07) is 3.66. The number of anilines is 2. The number of hydrogen-bond acceptors (Lipinski definition) is 9. The molecule has 0 amide bonds. The van der Waals surface area contributed by atoms with Gasteiger partial charge in [0.1, 0.15) is 36.0 Å². The highest BCUT2D eigenvalue weighted by Crippen LogP contribution is 2.20. The molecule has 0 saturated carbocycles. The van der Waals surface area contributed by atoms with Gasteiger partial charge in [-0.2, -0.15) is 5.26 Å². The average Bonchev–Trinajstić information content (AvgIpc) is 2.63. The van der Waals surface area contributed by atoms with Gasteiger partial charge in [0.2, 0.25) is 0 Å². The van der Waals surface area contributed by atoms with E-state index in [1.54, 1.807) is 6.07 Å². The van der Waals surface area contributed by atoms with E-state index in [1.807, 2.05) is 13.0 Å². The molecular formula is C15H17N7O2. The zero-order valence-electron chi connectivity index (χ0n) is 13.2. The van der Waals surface area contributed by atoms with Crippen molar-refractivity contribution in [1.29, 1.82) is 5.26 Å². The number of ether oxygens (including phenoxy) is 2. The molecule has 2 aromatic rings. The molecule has 1 saturated heterocycles. The summed E-state index contributed by atoms with van der Waals surface area (Å²) in [4.78, 5) is 8.03. The molecular weight excluding hydrogens is 310 g/mol. The van der Waals surface area contributed by atoms with Crippen LogP contribution in [0.2, 0.25) is 0 Å². The minimum absolute atomic E-state index is 0.0205. The fraction of sp³-hybridized carbons (Fsp3) is 0.400. The second-order valence-electron chi connectivity index (χ2n) is 5.21. The van der Waals surface area contributed by atoms with E-state index in [0.717, 1.165) is 13.1 Å². The molecule has 0 bridgehead atoms. The second-order valence-corrected chi connectivity index (χ2v) is 5.21. The van der Waals surface area contributed by atoms with Crippen LogP contribution >= 0.6 is 0 Å². The molecule has 1 aliphatic heterocycles. The van der Waals surface area contributed by atoms with Crippen molar-refractivity contribution in [3.63, 3.8) is 0 Å². The lowest BCUT2D eigenvalue weighted by molar-refractivity contribution is -0.0000356. The lowest BCUT2D eigenvalue weighted by Crippen LogP contribution is -2.41. The minimum Gasteiger partial charge on any atom is -0.489 e. The van der Waals surface area contributed by atoms with E-state index in [0.29, 0.717) is 36.3 Å². The van der Waals surface area contributed by atoms with Gasteiger partial charge in [-0.25, -0.2) is 9.97 Å². The Morgan fingerprint density at radius 3 is 3.00 bits per heavy atom. The Balaban J connectivity index is 1.65. The third kappa shape index (κ3) is 4.13. The van der Waals surface area contributed by atoms with Crippen LogP contribution in [0.15, 0.2) is 18.5 Å². The zero-order chi connectivity index (χ0) is 16.8. The number of rotatable bonds is 5. The monoisotopic (exact) mass is 327 g/mol. The molecule has 124 valence electrons. The molecule has 9 nitrogen and oxygen atoms in total. The number of nitriles is 1. The van der Waals surface area contributed by atoms with E-state index in [-0.39, 0.29) is 11.8 Å². The van der Waals surface area contributed by atoms with Gasteiger partial charge in [0.05, 0.1) is 19.0 Å². The fourth-order valence-electron chi connectivity index (χ4n) is 2.13. The predicted octanol–water partition coefficient (Wildman–Crippen LogP) is 0.557. The number of nitrogens with zero attached hydrogens (tertiary/aromatic N) is 5.